The van der Waals surface area contributed by atoms with Crippen molar-refractivity contribution in [3.05, 3.63) is 54.0 Å². The number of amides is 2. The first-order chi connectivity index (χ1) is 15.0. The SMILES string of the molecule is C.CC(=O)N1CCC(CCn2ccc(C(=O)NCc3ccc4c(N)nccc4c3)n2)CC1. The first kappa shape index (κ1) is 23.2. The highest BCUT2D eigenvalue weighted by Crippen LogP contribution is 2.21. The molecule has 0 aliphatic carbocycles. The third kappa shape index (κ3) is 5.43. The van der Waals surface area contributed by atoms with Gasteiger partial charge < -0.3 is 16.0 Å². The fourth-order valence-corrected chi connectivity index (χ4v) is 4.09. The van der Waals surface area contributed by atoms with Crippen LogP contribution in [0.3, 0.4) is 0 Å². The number of benzene rings is 1. The molecule has 0 unspecified atom stereocenters. The van der Waals surface area contributed by atoms with Gasteiger partial charge in [0.15, 0.2) is 0 Å². The molecule has 3 aromatic rings. The van der Waals surface area contributed by atoms with Crippen LogP contribution in [0.5, 0.6) is 0 Å². The normalized spacial score (nSPS) is 14.2. The van der Waals surface area contributed by atoms with Crippen molar-refractivity contribution in [1.82, 2.24) is 25.0 Å². The number of nitrogens with zero attached hydrogens (tertiary/aromatic N) is 4. The van der Waals surface area contributed by atoms with E-state index < -0.39 is 0 Å². The Labute approximate surface area is 188 Å². The number of rotatable bonds is 6. The van der Waals surface area contributed by atoms with Gasteiger partial charge in [-0.15, -0.1) is 0 Å². The second-order valence-corrected chi connectivity index (χ2v) is 8.14. The number of hydrogen-bond acceptors (Lipinski definition) is 5. The summed E-state index contributed by atoms with van der Waals surface area (Å²) < 4.78 is 1.83. The van der Waals surface area contributed by atoms with E-state index in [0.717, 1.165) is 55.2 Å². The van der Waals surface area contributed by atoms with Gasteiger partial charge in [0, 0.05) is 50.9 Å². The Morgan fingerprint density at radius 2 is 1.97 bits per heavy atom. The molecule has 0 saturated carbocycles. The molecule has 170 valence electrons. The standard InChI is InChI=1S/C23H28N6O2.CH4/c1-16(30)28-10-5-17(6-11-28)7-12-29-13-8-21(27-29)23(31)26-15-18-2-3-20-19(14-18)4-9-25-22(20)24;/h2-4,8-9,13-14,17H,5-7,10-12,15H2,1H3,(H2,24,25)(H,26,31);1H4. The van der Waals surface area contributed by atoms with E-state index in [4.69, 9.17) is 5.73 Å². The maximum absolute atomic E-state index is 12.5. The smallest absolute Gasteiger partial charge is 0.272 e. The highest BCUT2D eigenvalue weighted by atomic mass is 16.2. The van der Waals surface area contributed by atoms with Gasteiger partial charge in [-0.05, 0) is 54.3 Å². The largest absolute Gasteiger partial charge is 0.383 e. The molecule has 32 heavy (non-hydrogen) atoms. The Balaban J connectivity index is 0.00000289. The van der Waals surface area contributed by atoms with E-state index >= 15 is 0 Å². The van der Waals surface area contributed by atoms with Crippen molar-refractivity contribution in [2.24, 2.45) is 5.92 Å². The van der Waals surface area contributed by atoms with Crippen LogP contribution in [0.15, 0.2) is 42.7 Å². The predicted molar refractivity (Wildman–Crippen MR) is 126 cm³/mol. The van der Waals surface area contributed by atoms with Crippen molar-refractivity contribution in [2.75, 3.05) is 18.8 Å². The molecule has 0 atom stereocenters. The van der Waals surface area contributed by atoms with Gasteiger partial charge in [0.1, 0.15) is 11.5 Å². The number of carbonyl (C=O) groups excluding carboxylic acids is 2. The van der Waals surface area contributed by atoms with Gasteiger partial charge in [0.05, 0.1) is 0 Å². The number of nitrogen functional groups attached to an aromatic ring is 1. The number of aryl methyl sites for hydroxylation is 1. The lowest BCUT2D eigenvalue weighted by molar-refractivity contribution is -0.130. The van der Waals surface area contributed by atoms with Crippen molar-refractivity contribution in [2.45, 2.75) is 46.7 Å². The van der Waals surface area contributed by atoms with Crippen molar-refractivity contribution in [1.29, 1.82) is 0 Å². The molecule has 8 nitrogen and oxygen atoms in total. The molecule has 3 N–H and O–H groups in total. The number of nitrogens with one attached hydrogen (secondary N) is 1. The fraction of sp³-hybridized carbons (Fsp3) is 0.417. The Kier molecular flexibility index (Phi) is 7.45. The molecule has 1 aromatic carbocycles. The van der Waals surface area contributed by atoms with Crippen LogP contribution >= 0.6 is 0 Å². The summed E-state index contributed by atoms with van der Waals surface area (Å²) in [4.78, 5) is 29.9. The Morgan fingerprint density at radius 1 is 1.19 bits per heavy atom. The van der Waals surface area contributed by atoms with Gasteiger partial charge in [-0.3, -0.25) is 14.3 Å². The Morgan fingerprint density at radius 3 is 2.72 bits per heavy atom. The van der Waals surface area contributed by atoms with Crippen molar-refractivity contribution in [3.63, 3.8) is 0 Å². The van der Waals surface area contributed by atoms with Crippen LogP contribution in [0.1, 0.15) is 49.7 Å². The molecular weight excluding hydrogens is 404 g/mol. The van der Waals surface area contributed by atoms with Crippen molar-refractivity contribution >= 4 is 28.4 Å². The minimum absolute atomic E-state index is 0. The summed E-state index contributed by atoms with van der Waals surface area (Å²) in [6.07, 6.45) is 6.59. The summed E-state index contributed by atoms with van der Waals surface area (Å²) in [5.74, 6) is 1.06. The number of aromatic nitrogens is 3. The van der Waals surface area contributed by atoms with Crippen LogP contribution in [-0.4, -0.2) is 44.6 Å². The van der Waals surface area contributed by atoms with Crippen LogP contribution in [0, 0.1) is 5.92 Å². The van der Waals surface area contributed by atoms with Gasteiger partial charge >= 0.3 is 0 Å². The first-order valence-corrected chi connectivity index (χ1v) is 10.7. The van der Waals surface area contributed by atoms with Crippen LogP contribution in [0.25, 0.3) is 10.8 Å². The van der Waals surface area contributed by atoms with Crippen molar-refractivity contribution < 1.29 is 9.59 Å². The summed E-state index contributed by atoms with van der Waals surface area (Å²) in [7, 11) is 0. The highest BCUT2D eigenvalue weighted by molar-refractivity contribution is 5.93. The monoisotopic (exact) mass is 436 g/mol. The molecule has 8 heteroatoms. The topological polar surface area (TPSA) is 106 Å². The zero-order valence-corrected chi connectivity index (χ0v) is 17.8. The average molecular weight is 437 g/mol. The van der Waals surface area contributed by atoms with E-state index in [-0.39, 0.29) is 19.2 Å². The second-order valence-electron chi connectivity index (χ2n) is 8.14. The third-order valence-electron chi connectivity index (χ3n) is 6.01. The molecule has 1 aliphatic heterocycles. The summed E-state index contributed by atoms with van der Waals surface area (Å²) in [5, 5.41) is 9.26. The molecule has 1 saturated heterocycles. The van der Waals surface area contributed by atoms with Crippen LogP contribution in [-0.2, 0) is 17.9 Å². The summed E-state index contributed by atoms with van der Waals surface area (Å²) in [6.45, 7) is 4.50. The van der Waals surface area contributed by atoms with Crippen molar-refractivity contribution in [3.8, 4) is 0 Å². The third-order valence-corrected chi connectivity index (χ3v) is 6.01. The summed E-state index contributed by atoms with van der Waals surface area (Å²) in [6, 6.07) is 9.53. The van der Waals surface area contributed by atoms with Gasteiger partial charge in [0.25, 0.3) is 5.91 Å². The molecule has 3 heterocycles. The van der Waals surface area contributed by atoms with Gasteiger partial charge in [-0.1, -0.05) is 19.6 Å². The zero-order chi connectivity index (χ0) is 21.8. The highest BCUT2D eigenvalue weighted by Gasteiger charge is 2.20. The number of carbonyl (C=O) groups is 2. The van der Waals surface area contributed by atoms with E-state index in [2.05, 4.69) is 15.4 Å². The van der Waals surface area contributed by atoms with E-state index in [1.807, 2.05) is 40.0 Å². The summed E-state index contributed by atoms with van der Waals surface area (Å²) in [5.41, 5.74) is 7.30. The molecule has 4 rings (SSSR count). The molecule has 2 amide bonds. The van der Waals surface area contributed by atoms with E-state index in [0.29, 0.717) is 24.0 Å². The van der Waals surface area contributed by atoms with Crippen LogP contribution in [0.2, 0.25) is 0 Å². The Bertz CT molecular complexity index is 1090. The number of likely N-dealkylation sites (tertiary alicyclic amines) is 1. The van der Waals surface area contributed by atoms with Gasteiger partial charge in [-0.25, -0.2) is 4.98 Å². The number of hydrogen-bond donors (Lipinski definition) is 2. The van der Waals surface area contributed by atoms with Crippen LogP contribution < -0.4 is 11.1 Å². The maximum Gasteiger partial charge on any atom is 0.272 e. The lowest BCUT2D eigenvalue weighted by Gasteiger charge is -2.31. The van der Waals surface area contributed by atoms with E-state index in [9.17, 15) is 9.59 Å². The van der Waals surface area contributed by atoms with Gasteiger partial charge in [0.2, 0.25) is 5.91 Å². The zero-order valence-electron chi connectivity index (χ0n) is 17.8. The predicted octanol–water partition coefficient (Wildman–Crippen LogP) is 3.23. The Hall–Kier alpha value is -3.42. The quantitative estimate of drug-likeness (QED) is 0.617. The van der Waals surface area contributed by atoms with E-state index in [1.165, 1.54) is 0 Å². The lowest BCUT2D eigenvalue weighted by Crippen LogP contribution is -2.37. The summed E-state index contributed by atoms with van der Waals surface area (Å²) >= 11 is 0. The number of piperidine rings is 1. The molecule has 0 radical (unpaired) electrons. The minimum atomic E-state index is -0.192. The first-order valence-electron chi connectivity index (χ1n) is 10.7. The van der Waals surface area contributed by atoms with Crippen LogP contribution in [0.4, 0.5) is 5.82 Å². The molecule has 2 aromatic heterocycles. The minimum Gasteiger partial charge on any atom is -0.383 e. The number of pyridine rings is 1. The second kappa shape index (κ2) is 10.3. The molecule has 1 fully saturated rings. The lowest BCUT2D eigenvalue weighted by atomic mass is 9.93. The van der Waals surface area contributed by atoms with E-state index in [1.54, 1.807) is 19.2 Å². The van der Waals surface area contributed by atoms with Gasteiger partial charge in [-0.2, -0.15) is 5.10 Å². The number of anilines is 1. The number of nitrogens with two attached hydrogens (primary N) is 1. The average Bonchev–Trinajstić information content (AvgIpc) is 3.25. The number of fused-ring (bicyclic) bond motifs is 1. The molecule has 0 bridgehead atoms. The maximum atomic E-state index is 12.5. The fourth-order valence-electron chi connectivity index (χ4n) is 4.09. The molecule has 1 aliphatic rings. The molecular formula is C24H32N6O2. The molecule has 0 spiro atoms.